The first-order chi connectivity index (χ1) is 9.85. The van der Waals surface area contributed by atoms with Crippen LogP contribution < -0.4 is 5.32 Å². The summed E-state index contributed by atoms with van der Waals surface area (Å²) in [5.74, 6) is 0. The zero-order valence-electron chi connectivity index (χ0n) is 12.6. The molecule has 2 aliphatic rings. The van der Waals surface area contributed by atoms with Crippen molar-refractivity contribution >= 4 is 11.3 Å². The molecular weight excluding hydrogens is 266 g/mol. The van der Waals surface area contributed by atoms with Crippen LogP contribution in [0.1, 0.15) is 50.3 Å². The van der Waals surface area contributed by atoms with Crippen molar-refractivity contribution in [3.8, 4) is 0 Å². The molecule has 1 aromatic rings. The second kappa shape index (κ2) is 6.59. The molecule has 1 spiro atoms. The molecule has 0 bridgehead atoms. The van der Waals surface area contributed by atoms with E-state index in [-0.39, 0.29) is 0 Å². The first-order valence-corrected chi connectivity index (χ1v) is 9.10. The van der Waals surface area contributed by atoms with Crippen molar-refractivity contribution in [2.75, 3.05) is 13.2 Å². The van der Waals surface area contributed by atoms with Crippen LogP contribution >= 0.6 is 11.3 Å². The van der Waals surface area contributed by atoms with Crippen molar-refractivity contribution < 1.29 is 4.74 Å². The Morgan fingerprint density at radius 1 is 1.35 bits per heavy atom. The van der Waals surface area contributed by atoms with E-state index in [1.807, 2.05) is 11.3 Å². The van der Waals surface area contributed by atoms with E-state index < -0.39 is 0 Å². The van der Waals surface area contributed by atoms with E-state index in [1.165, 1.54) is 49.8 Å². The summed E-state index contributed by atoms with van der Waals surface area (Å²) in [6.07, 6.45) is 9.86. The Balaban J connectivity index is 1.53. The van der Waals surface area contributed by atoms with Crippen molar-refractivity contribution in [2.24, 2.45) is 5.41 Å². The fraction of sp³-hybridized carbons (Fsp3) is 0.765. The standard InChI is InChI=1S/C17H27NOS/c1-2-19-16-13-15(17(16)9-4-3-5-10-17)18-11-8-14-7-6-12-20-14/h6-7,12,15-16,18H,2-5,8-11,13H2,1H3. The first-order valence-electron chi connectivity index (χ1n) is 8.22. The molecule has 112 valence electrons. The van der Waals surface area contributed by atoms with Gasteiger partial charge in [0, 0.05) is 29.5 Å². The molecule has 2 aliphatic carbocycles. The number of hydrogen-bond donors (Lipinski definition) is 1. The molecule has 0 radical (unpaired) electrons. The Kier molecular flexibility index (Phi) is 4.79. The zero-order valence-corrected chi connectivity index (χ0v) is 13.4. The molecule has 1 heterocycles. The van der Waals surface area contributed by atoms with Gasteiger partial charge in [0.2, 0.25) is 0 Å². The van der Waals surface area contributed by atoms with Crippen LogP contribution in [0.2, 0.25) is 0 Å². The molecule has 2 fully saturated rings. The molecule has 0 saturated heterocycles. The summed E-state index contributed by atoms with van der Waals surface area (Å²) in [6, 6.07) is 5.09. The molecule has 2 atom stereocenters. The van der Waals surface area contributed by atoms with Gasteiger partial charge in [0.1, 0.15) is 0 Å². The highest BCUT2D eigenvalue weighted by Gasteiger charge is 2.55. The lowest BCUT2D eigenvalue weighted by molar-refractivity contribution is -0.149. The normalized spacial score (nSPS) is 28.4. The van der Waals surface area contributed by atoms with Gasteiger partial charge in [-0.3, -0.25) is 0 Å². The van der Waals surface area contributed by atoms with Crippen LogP contribution in [0.4, 0.5) is 0 Å². The van der Waals surface area contributed by atoms with Crippen molar-refractivity contribution in [1.29, 1.82) is 0 Å². The van der Waals surface area contributed by atoms with Crippen LogP contribution in [0.15, 0.2) is 17.5 Å². The topological polar surface area (TPSA) is 21.3 Å². The summed E-state index contributed by atoms with van der Waals surface area (Å²) >= 11 is 1.87. The van der Waals surface area contributed by atoms with E-state index in [2.05, 4.69) is 29.8 Å². The van der Waals surface area contributed by atoms with Gasteiger partial charge in [-0.05, 0) is 44.1 Å². The first kappa shape index (κ1) is 14.6. The maximum atomic E-state index is 6.02. The second-order valence-corrected chi connectivity index (χ2v) is 7.34. The fourth-order valence-electron chi connectivity index (χ4n) is 4.17. The molecule has 2 nitrogen and oxygen atoms in total. The average Bonchev–Trinajstić information content (AvgIpc) is 3.00. The summed E-state index contributed by atoms with van der Waals surface area (Å²) in [5.41, 5.74) is 0.462. The van der Waals surface area contributed by atoms with Gasteiger partial charge < -0.3 is 10.1 Å². The molecule has 20 heavy (non-hydrogen) atoms. The molecule has 1 aromatic heterocycles. The van der Waals surface area contributed by atoms with Crippen molar-refractivity contribution in [3.05, 3.63) is 22.4 Å². The number of nitrogens with one attached hydrogen (secondary N) is 1. The van der Waals surface area contributed by atoms with Crippen molar-refractivity contribution in [1.82, 2.24) is 5.32 Å². The largest absolute Gasteiger partial charge is 0.378 e. The van der Waals surface area contributed by atoms with Gasteiger partial charge in [0.15, 0.2) is 0 Å². The second-order valence-electron chi connectivity index (χ2n) is 6.31. The monoisotopic (exact) mass is 293 g/mol. The number of thiophene rings is 1. The third-order valence-corrected chi connectivity index (χ3v) is 6.22. The molecule has 2 saturated carbocycles. The Morgan fingerprint density at radius 3 is 2.90 bits per heavy atom. The van der Waals surface area contributed by atoms with E-state index in [0.29, 0.717) is 17.6 Å². The molecule has 0 aromatic carbocycles. The summed E-state index contributed by atoms with van der Waals surface area (Å²) in [6.45, 7) is 4.12. The van der Waals surface area contributed by atoms with Gasteiger partial charge in [0.25, 0.3) is 0 Å². The number of hydrogen-bond acceptors (Lipinski definition) is 3. The molecule has 0 amide bonds. The lowest BCUT2D eigenvalue weighted by Gasteiger charge is -2.58. The van der Waals surface area contributed by atoms with Crippen LogP contribution in [-0.2, 0) is 11.2 Å². The minimum absolute atomic E-state index is 0.462. The molecular formula is C17H27NOS. The quantitative estimate of drug-likeness (QED) is 0.855. The van der Waals surface area contributed by atoms with Gasteiger partial charge in [-0.25, -0.2) is 0 Å². The van der Waals surface area contributed by atoms with Gasteiger partial charge in [0.05, 0.1) is 6.10 Å². The van der Waals surface area contributed by atoms with E-state index in [0.717, 1.165) is 13.2 Å². The van der Waals surface area contributed by atoms with Crippen LogP contribution in [-0.4, -0.2) is 25.3 Å². The Labute approximate surface area is 126 Å². The third kappa shape index (κ3) is 2.81. The molecule has 2 unspecified atom stereocenters. The highest BCUT2D eigenvalue weighted by Crippen LogP contribution is 2.53. The van der Waals surface area contributed by atoms with E-state index in [4.69, 9.17) is 4.74 Å². The predicted molar refractivity (Wildman–Crippen MR) is 85.4 cm³/mol. The third-order valence-electron chi connectivity index (χ3n) is 5.28. The smallest absolute Gasteiger partial charge is 0.0661 e. The summed E-state index contributed by atoms with van der Waals surface area (Å²) in [7, 11) is 0. The van der Waals surface area contributed by atoms with Gasteiger partial charge >= 0.3 is 0 Å². The lowest BCUT2D eigenvalue weighted by atomic mass is 9.55. The average molecular weight is 293 g/mol. The van der Waals surface area contributed by atoms with Crippen LogP contribution in [0.3, 0.4) is 0 Å². The minimum atomic E-state index is 0.462. The summed E-state index contributed by atoms with van der Waals surface area (Å²) < 4.78 is 6.02. The van der Waals surface area contributed by atoms with Crippen LogP contribution in [0, 0.1) is 5.41 Å². The lowest BCUT2D eigenvalue weighted by Crippen LogP contribution is -2.64. The number of rotatable bonds is 6. The van der Waals surface area contributed by atoms with E-state index in [1.54, 1.807) is 0 Å². The molecule has 0 aliphatic heterocycles. The van der Waals surface area contributed by atoms with E-state index >= 15 is 0 Å². The van der Waals surface area contributed by atoms with Gasteiger partial charge in [-0.2, -0.15) is 0 Å². The molecule has 3 heteroatoms. The predicted octanol–water partition coefficient (Wildman–Crippen LogP) is 4.01. The maximum absolute atomic E-state index is 6.02. The van der Waals surface area contributed by atoms with E-state index in [9.17, 15) is 0 Å². The highest BCUT2D eigenvalue weighted by molar-refractivity contribution is 7.09. The van der Waals surface area contributed by atoms with Gasteiger partial charge in [-0.1, -0.05) is 25.3 Å². The number of ether oxygens (including phenoxy) is 1. The van der Waals surface area contributed by atoms with Crippen LogP contribution in [0.5, 0.6) is 0 Å². The maximum Gasteiger partial charge on any atom is 0.0661 e. The summed E-state index contributed by atoms with van der Waals surface area (Å²) in [5, 5.41) is 6.01. The van der Waals surface area contributed by atoms with Gasteiger partial charge in [-0.15, -0.1) is 11.3 Å². The van der Waals surface area contributed by atoms with Crippen molar-refractivity contribution in [2.45, 2.75) is 64.0 Å². The molecule has 3 rings (SSSR count). The Morgan fingerprint density at radius 2 is 2.20 bits per heavy atom. The SMILES string of the molecule is CCOC1CC(NCCc2cccs2)C12CCCCC2. The zero-order chi connectivity index (χ0) is 13.8. The Hall–Kier alpha value is -0.380. The highest BCUT2D eigenvalue weighted by atomic mass is 32.1. The van der Waals surface area contributed by atoms with Crippen LogP contribution in [0.25, 0.3) is 0 Å². The molecule has 1 N–H and O–H groups in total. The Bertz CT molecular complexity index is 397. The summed E-state index contributed by atoms with van der Waals surface area (Å²) in [4.78, 5) is 1.50. The minimum Gasteiger partial charge on any atom is -0.378 e. The fourth-order valence-corrected chi connectivity index (χ4v) is 4.88. The van der Waals surface area contributed by atoms with Crippen molar-refractivity contribution in [3.63, 3.8) is 0 Å².